The van der Waals surface area contributed by atoms with Crippen LogP contribution in [0.3, 0.4) is 0 Å². The zero-order valence-corrected chi connectivity index (χ0v) is 8.82. The summed E-state index contributed by atoms with van der Waals surface area (Å²) in [7, 11) is 0. The van der Waals surface area contributed by atoms with Crippen molar-refractivity contribution in [3.05, 3.63) is 34.9 Å². The minimum absolute atomic E-state index is 0.0603. The van der Waals surface area contributed by atoms with Crippen LogP contribution in [0.15, 0.2) is 12.1 Å². The molecule has 1 aliphatic rings. The Morgan fingerprint density at radius 2 is 2.00 bits per heavy atom. The van der Waals surface area contributed by atoms with Crippen molar-refractivity contribution in [2.45, 2.75) is 38.1 Å². The first-order chi connectivity index (χ1) is 7.00. The van der Waals surface area contributed by atoms with Crippen LogP contribution in [-0.2, 0) is 6.42 Å². The fourth-order valence-electron chi connectivity index (χ4n) is 1.75. The fraction of sp³-hybridized carbons (Fsp3) is 0.500. The summed E-state index contributed by atoms with van der Waals surface area (Å²) in [6, 6.07) is 2.33. The molecule has 2 N–H and O–H groups in total. The summed E-state index contributed by atoms with van der Waals surface area (Å²) in [4.78, 5) is 0. The second-order valence-corrected chi connectivity index (χ2v) is 4.53. The molecule has 1 fully saturated rings. The van der Waals surface area contributed by atoms with Crippen LogP contribution in [0.25, 0.3) is 0 Å². The average Bonchev–Trinajstić information content (AvgIpc) is 2.88. The van der Waals surface area contributed by atoms with Crippen LogP contribution < -0.4 is 5.73 Å². The summed E-state index contributed by atoms with van der Waals surface area (Å²) in [5.74, 6) is -0.971. The van der Waals surface area contributed by atoms with Gasteiger partial charge >= 0.3 is 0 Å². The van der Waals surface area contributed by atoms with Gasteiger partial charge in [-0.1, -0.05) is 0 Å². The molecule has 0 atom stereocenters. The van der Waals surface area contributed by atoms with Crippen LogP contribution in [-0.4, -0.2) is 5.54 Å². The predicted molar refractivity (Wildman–Crippen MR) is 55.6 cm³/mol. The Balaban J connectivity index is 2.13. The lowest BCUT2D eigenvalue weighted by atomic mass is 10.00. The van der Waals surface area contributed by atoms with Gasteiger partial charge in [0.15, 0.2) is 0 Å². The molecule has 0 aliphatic heterocycles. The molecular weight excluding hydrogens is 196 g/mol. The number of halogens is 2. The summed E-state index contributed by atoms with van der Waals surface area (Å²) in [6.45, 7) is 1.68. The molecule has 1 aromatic carbocycles. The van der Waals surface area contributed by atoms with Crippen LogP contribution in [0.2, 0.25) is 0 Å². The molecule has 2 rings (SSSR count). The van der Waals surface area contributed by atoms with Crippen LogP contribution in [0.4, 0.5) is 8.78 Å². The van der Waals surface area contributed by atoms with E-state index in [4.69, 9.17) is 5.73 Å². The van der Waals surface area contributed by atoms with Gasteiger partial charge in [0.1, 0.15) is 11.6 Å². The first-order valence-electron chi connectivity index (χ1n) is 5.24. The molecule has 1 aromatic rings. The number of hydrogen-bond acceptors (Lipinski definition) is 1. The first-order valence-corrected chi connectivity index (χ1v) is 5.24. The van der Waals surface area contributed by atoms with Crippen molar-refractivity contribution >= 4 is 0 Å². The molecule has 0 saturated heterocycles. The van der Waals surface area contributed by atoms with Gasteiger partial charge < -0.3 is 5.73 Å². The molecule has 15 heavy (non-hydrogen) atoms. The fourth-order valence-corrected chi connectivity index (χ4v) is 1.75. The van der Waals surface area contributed by atoms with E-state index in [2.05, 4.69) is 0 Å². The minimum Gasteiger partial charge on any atom is -0.325 e. The van der Waals surface area contributed by atoms with Gasteiger partial charge in [-0.3, -0.25) is 0 Å². The Bertz CT molecular complexity index is 383. The first kappa shape index (κ1) is 10.6. The summed E-state index contributed by atoms with van der Waals surface area (Å²) in [5, 5.41) is 0. The highest BCUT2D eigenvalue weighted by Crippen LogP contribution is 2.36. The van der Waals surface area contributed by atoms with E-state index in [1.54, 1.807) is 6.92 Å². The second-order valence-electron chi connectivity index (χ2n) is 4.53. The standard InChI is InChI=1S/C12H15F2N/c1-8-9(2-3-12(15)4-5-12)6-10(13)7-11(8)14/h6-7H,2-5,15H2,1H3. The Labute approximate surface area is 88.3 Å². The average molecular weight is 211 g/mol. The number of nitrogens with two attached hydrogens (primary N) is 1. The third-order valence-corrected chi connectivity index (χ3v) is 3.20. The van der Waals surface area contributed by atoms with Crippen molar-refractivity contribution in [2.24, 2.45) is 5.73 Å². The quantitative estimate of drug-likeness (QED) is 0.817. The van der Waals surface area contributed by atoms with Crippen LogP contribution in [0, 0.1) is 18.6 Å². The number of benzene rings is 1. The molecule has 0 bridgehead atoms. The summed E-state index contributed by atoms with van der Waals surface area (Å²) in [5.41, 5.74) is 7.16. The van der Waals surface area contributed by atoms with Crippen molar-refractivity contribution in [3.8, 4) is 0 Å². The van der Waals surface area contributed by atoms with Gasteiger partial charge in [0.05, 0.1) is 0 Å². The molecule has 1 aliphatic carbocycles. The lowest BCUT2D eigenvalue weighted by molar-refractivity contribution is 0.563. The molecule has 0 unspecified atom stereocenters. The number of rotatable bonds is 3. The van der Waals surface area contributed by atoms with Gasteiger partial charge in [-0.2, -0.15) is 0 Å². The molecule has 0 radical (unpaired) electrons. The summed E-state index contributed by atoms with van der Waals surface area (Å²) in [6.07, 6.45) is 3.54. The lowest BCUT2D eigenvalue weighted by Crippen LogP contribution is -2.22. The summed E-state index contributed by atoms with van der Waals surface area (Å²) >= 11 is 0. The normalized spacial score (nSPS) is 17.9. The van der Waals surface area contributed by atoms with E-state index in [1.165, 1.54) is 6.07 Å². The second kappa shape index (κ2) is 3.56. The smallest absolute Gasteiger partial charge is 0.129 e. The molecule has 0 aromatic heterocycles. The largest absolute Gasteiger partial charge is 0.325 e. The third-order valence-electron chi connectivity index (χ3n) is 3.20. The van der Waals surface area contributed by atoms with E-state index >= 15 is 0 Å². The van der Waals surface area contributed by atoms with E-state index in [9.17, 15) is 8.78 Å². The van der Waals surface area contributed by atoms with Gasteiger partial charge in [0, 0.05) is 11.6 Å². The predicted octanol–water partition coefficient (Wildman–Crippen LogP) is 2.70. The van der Waals surface area contributed by atoms with E-state index in [0.717, 1.165) is 30.9 Å². The zero-order valence-electron chi connectivity index (χ0n) is 8.82. The monoisotopic (exact) mass is 211 g/mol. The van der Waals surface area contributed by atoms with Crippen molar-refractivity contribution < 1.29 is 8.78 Å². The highest BCUT2D eigenvalue weighted by atomic mass is 19.1. The van der Waals surface area contributed by atoms with E-state index in [0.29, 0.717) is 12.0 Å². The molecule has 0 amide bonds. The van der Waals surface area contributed by atoms with Gasteiger partial charge in [-0.05, 0) is 49.8 Å². The van der Waals surface area contributed by atoms with Gasteiger partial charge in [-0.15, -0.1) is 0 Å². The van der Waals surface area contributed by atoms with Crippen molar-refractivity contribution in [2.75, 3.05) is 0 Å². The Morgan fingerprint density at radius 1 is 1.33 bits per heavy atom. The molecular formula is C12H15F2N. The summed E-state index contributed by atoms with van der Waals surface area (Å²) < 4.78 is 26.2. The molecule has 0 heterocycles. The molecule has 0 spiro atoms. The highest BCUT2D eigenvalue weighted by Gasteiger charge is 2.37. The topological polar surface area (TPSA) is 26.0 Å². The molecule has 1 saturated carbocycles. The maximum Gasteiger partial charge on any atom is 0.129 e. The van der Waals surface area contributed by atoms with E-state index in [-0.39, 0.29) is 5.54 Å². The van der Waals surface area contributed by atoms with Crippen molar-refractivity contribution in [1.29, 1.82) is 0 Å². The lowest BCUT2D eigenvalue weighted by Gasteiger charge is -2.11. The molecule has 1 nitrogen and oxygen atoms in total. The Morgan fingerprint density at radius 3 is 2.60 bits per heavy atom. The van der Waals surface area contributed by atoms with Crippen LogP contribution in [0.5, 0.6) is 0 Å². The zero-order chi connectivity index (χ0) is 11.1. The van der Waals surface area contributed by atoms with Crippen LogP contribution in [0.1, 0.15) is 30.4 Å². The minimum atomic E-state index is -0.505. The SMILES string of the molecule is Cc1c(F)cc(F)cc1CCC1(N)CC1. The molecule has 3 heteroatoms. The highest BCUT2D eigenvalue weighted by molar-refractivity contribution is 5.28. The Hall–Kier alpha value is -0.960. The van der Waals surface area contributed by atoms with Crippen molar-refractivity contribution in [3.63, 3.8) is 0 Å². The Kier molecular flexibility index (Phi) is 2.51. The molecule has 82 valence electrons. The van der Waals surface area contributed by atoms with Gasteiger partial charge in [0.25, 0.3) is 0 Å². The van der Waals surface area contributed by atoms with Crippen molar-refractivity contribution in [1.82, 2.24) is 0 Å². The maximum atomic E-state index is 13.2. The number of aryl methyl sites for hydroxylation is 1. The third kappa shape index (κ3) is 2.34. The van der Waals surface area contributed by atoms with E-state index in [1.807, 2.05) is 0 Å². The van der Waals surface area contributed by atoms with Crippen LogP contribution >= 0.6 is 0 Å². The number of hydrogen-bond donors (Lipinski definition) is 1. The van der Waals surface area contributed by atoms with E-state index < -0.39 is 11.6 Å². The van der Waals surface area contributed by atoms with Gasteiger partial charge in [0.2, 0.25) is 0 Å². The maximum absolute atomic E-state index is 13.2. The van der Waals surface area contributed by atoms with Gasteiger partial charge in [-0.25, -0.2) is 8.78 Å².